The van der Waals surface area contributed by atoms with Gasteiger partial charge in [0.2, 0.25) is 0 Å². The second kappa shape index (κ2) is 3.48. The molecular formula is C8H17Y-. The summed E-state index contributed by atoms with van der Waals surface area (Å²) in [6, 6.07) is 0. The van der Waals surface area contributed by atoms with Crippen molar-refractivity contribution in [1.29, 1.82) is 0 Å². The Hall–Kier alpha value is 1.10. The summed E-state index contributed by atoms with van der Waals surface area (Å²) in [5.41, 5.74) is 0.514. The van der Waals surface area contributed by atoms with Gasteiger partial charge in [0.05, 0.1) is 0 Å². The normalized spacial score (nSPS) is 12.7. The van der Waals surface area contributed by atoms with E-state index in [9.17, 15) is 0 Å². The van der Waals surface area contributed by atoms with E-state index in [0.29, 0.717) is 5.41 Å². The third-order valence-electron chi connectivity index (χ3n) is 2.03. The van der Waals surface area contributed by atoms with Crippen LogP contribution in [0.15, 0.2) is 0 Å². The van der Waals surface area contributed by atoms with Crippen LogP contribution in [0.4, 0.5) is 0 Å². The molecule has 0 heterocycles. The molecule has 53 valence electrons. The Bertz CT molecular complexity index is 59.5. The SMILES string of the molecule is [CH2-]C(C)(C)C(C)(C)C.[Y]. The number of hydrogen-bond donors (Lipinski definition) is 0. The average Bonchev–Trinajstić information content (AvgIpc) is 1.25. The summed E-state index contributed by atoms with van der Waals surface area (Å²) in [4.78, 5) is 0. The third kappa shape index (κ3) is 4.50. The van der Waals surface area contributed by atoms with E-state index in [1.165, 1.54) is 0 Å². The van der Waals surface area contributed by atoms with Gasteiger partial charge in [0.25, 0.3) is 0 Å². The first-order valence-electron chi connectivity index (χ1n) is 3.10. The van der Waals surface area contributed by atoms with Gasteiger partial charge in [0.1, 0.15) is 0 Å². The van der Waals surface area contributed by atoms with E-state index in [2.05, 4.69) is 41.5 Å². The van der Waals surface area contributed by atoms with Crippen LogP contribution in [0, 0.1) is 17.8 Å². The van der Waals surface area contributed by atoms with E-state index in [1.807, 2.05) is 0 Å². The molecule has 1 heteroatoms. The Morgan fingerprint density at radius 2 is 1.00 bits per heavy atom. The van der Waals surface area contributed by atoms with Gasteiger partial charge in [-0.25, -0.2) is 0 Å². The van der Waals surface area contributed by atoms with E-state index >= 15 is 0 Å². The van der Waals surface area contributed by atoms with Gasteiger partial charge in [-0.1, -0.05) is 40.0 Å². The molecule has 0 aliphatic carbocycles. The van der Waals surface area contributed by atoms with Crippen LogP contribution in [0.5, 0.6) is 0 Å². The zero-order valence-electron chi connectivity index (χ0n) is 7.28. The van der Waals surface area contributed by atoms with Crippen molar-refractivity contribution in [1.82, 2.24) is 0 Å². The first-order chi connectivity index (χ1) is 3.25. The van der Waals surface area contributed by atoms with Crippen LogP contribution < -0.4 is 0 Å². The predicted molar refractivity (Wildman–Crippen MR) is 38.6 cm³/mol. The maximum Gasteiger partial charge on any atom is 0 e. The van der Waals surface area contributed by atoms with Crippen molar-refractivity contribution in [2.75, 3.05) is 0 Å². The summed E-state index contributed by atoms with van der Waals surface area (Å²) < 4.78 is 0. The van der Waals surface area contributed by atoms with Gasteiger partial charge < -0.3 is 6.92 Å². The molecule has 0 aliphatic rings. The molecule has 9 heavy (non-hydrogen) atoms. The molecule has 0 saturated carbocycles. The summed E-state index contributed by atoms with van der Waals surface area (Å²) in [6.07, 6.45) is 0. The van der Waals surface area contributed by atoms with Crippen molar-refractivity contribution in [2.24, 2.45) is 10.8 Å². The third-order valence-corrected chi connectivity index (χ3v) is 2.03. The molecule has 0 bridgehead atoms. The van der Waals surface area contributed by atoms with Crippen molar-refractivity contribution in [2.45, 2.75) is 34.6 Å². The van der Waals surface area contributed by atoms with Crippen molar-refractivity contribution < 1.29 is 32.7 Å². The first-order valence-corrected chi connectivity index (χ1v) is 3.10. The Labute approximate surface area is 84.7 Å². The molecule has 0 aromatic heterocycles. The van der Waals surface area contributed by atoms with Crippen LogP contribution in [0.1, 0.15) is 34.6 Å². The quantitative estimate of drug-likeness (QED) is 0.530. The van der Waals surface area contributed by atoms with Crippen molar-refractivity contribution in [3.63, 3.8) is 0 Å². The molecule has 0 nitrogen and oxygen atoms in total. The van der Waals surface area contributed by atoms with E-state index in [0.717, 1.165) is 0 Å². The topological polar surface area (TPSA) is 0 Å². The van der Waals surface area contributed by atoms with Crippen LogP contribution in [0.3, 0.4) is 0 Å². The van der Waals surface area contributed by atoms with Gasteiger partial charge in [-0.15, -0.1) is 0 Å². The molecular weight excluding hydrogens is 185 g/mol. The first kappa shape index (κ1) is 12.8. The van der Waals surface area contributed by atoms with E-state index in [4.69, 9.17) is 0 Å². The largest absolute Gasteiger partial charge is 0.337 e. The summed E-state index contributed by atoms with van der Waals surface area (Å²) in [7, 11) is 0. The fraction of sp³-hybridized carbons (Fsp3) is 0.875. The van der Waals surface area contributed by atoms with Gasteiger partial charge in [0.15, 0.2) is 0 Å². The fourth-order valence-electron chi connectivity index (χ4n) is 0. The summed E-state index contributed by atoms with van der Waals surface area (Å²) in [5, 5.41) is 0. The van der Waals surface area contributed by atoms with E-state index in [1.54, 1.807) is 0 Å². The Morgan fingerprint density at radius 3 is 1.00 bits per heavy atom. The minimum Gasteiger partial charge on any atom is -0.337 e. The van der Waals surface area contributed by atoms with Crippen molar-refractivity contribution >= 4 is 0 Å². The molecule has 0 unspecified atom stereocenters. The smallest absolute Gasteiger partial charge is 0 e. The van der Waals surface area contributed by atoms with Crippen LogP contribution >= 0.6 is 0 Å². The predicted octanol–water partition coefficient (Wildman–Crippen LogP) is 2.89. The molecule has 0 rings (SSSR count). The maximum absolute atomic E-state index is 4.04. The molecule has 0 N–H and O–H groups in total. The van der Waals surface area contributed by atoms with Crippen molar-refractivity contribution in [3.05, 3.63) is 6.92 Å². The fourth-order valence-corrected chi connectivity index (χ4v) is 0. The van der Waals surface area contributed by atoms with E-state index < -0.39 is 0 Å². The van der Waals surface area contributed by atoms with Gasteiger partial charge >= 0.3 is 0 Å². The van der Waals surface area contributed by atoms with Crippen LogP contribution in [-0.2, 0) is 32.7 Å². The summed E-state index contributed by atoms with van der Waals surface area (Å²) in [6.45, 7) is 15.0. The van der Waals surface area contributed by atoms with E-state index in [-0.39, 0.29) is 38.1 Å². The molecule has 0 saturated heterocycles. The summed E-state index contributed by atoms with van der Waals surface area (Å²) in [5.74, 6) is 0. The Balaban J connectivity index is 0. The molecule has 1 radical (unpaired) electrons. The Morgan fingerprint density at radius 1 is 0.889 bits per heavy atom. The minimum absolute atomic E-state index is 0. The monoisotopic (exact) mass is 202 g/mol. The maximum atomic E-state index is 4.04. The molecule has 0 amide bonds. The standard InChI is InChI=1S/C8H17.Y/c1-7(2,3)8(4,5)6;/h1H2,2-6H3;/q-1;. The molecule has 0 aromatic rings. The van der Waals surface area contributed by atoms with Gasteiger partial charge in [-0.2, -0.15) is 5.41 Å². The average molecular weight is 202 g/mol. The summed E-state index contributed by atoms with van der Waals surface area (Å²) >= 11 is 0. The van der Waals surface area contributed by atoms with Crippen LogP contribution in [0.2, 0.25) is 0 Å². The molecule has 0 aromatic carbocycles. The molecule has 0 aliphatic heterocycles. The number of rotatable bonds is 0. The number of hydrogen-bond acceptors (Lipinski definition) is 0. The zero-order valence-corrected chi connectivity index (χ0v) is 10.1. The Kier molecular flexibility index (Phi) is 4.93. The second-order valence-corrected chi connectivity index (χ2v) is 4.13. The zero-order chi connectivity index (χ0) is 7.00. The van der Waals surface area contributed by atoms with Crippen LogP contribution in [0.25, 0.3) is 0 Å². The van der Waals surface area contributed by atoms with Gasteiger partial charge in [-0.05, 0) is 0 Å². The van der Waals surface area contributed by atoms with Crippen LogP contribution in [-0.4, -0.2) is 0 Å². The minimum atomic E-state index is 0. The van der Waals surface area contributed by atoms with Gasteiger partial charge in [0, 0.05) is 32.7 Å². The molecule has 0 spiro atoms. The van der Waals surface area contributed by atoms with Crippen molar-refractivity contribution in [3.8, 4) is 0 Å². The molecule has 0 fully saturated rings. The van der Waals surface area contributed by atoms with Gasteiger partial charge in [-0.3, -0.25) is 0 Å². The second-order valence-electron chi connectivity index (χ2n) is 4.13. The molecule has 0 atom stereocenters.